The van der Waals surface area contributed by atoms with E-state index in [9.17, 15) is 13.2 Å². The van der Waals surface area contributed by atoms with Crippen LogP contribution in [0.3, 0.4) is 0 Å². The Morgan fingerprint density at radius 1 is 1.55 bits per heavy atom. The van der Waals surface area contributed by atoms with Gasteiger partial charge < -0.3 is 10.1 Å². The third-order valence-electron chi connectivity index (χ3n) is 3.35. The molecule has 6 nitrogen and oxygen atoms in total. The Morgan fingerprint density at radius 3 is 2.85 bits per heavy atom. The molecule has 112 valence electrons. The van der Waals surface area contributed by atoms with E-state index in [0.717, 1.165) is 24.4 Å². The van der Waals surface area contributed by atoms with Gasteiger partial charge in [-0.1, -0.05) is 0 Å². The molecule has 2 atom stereocenters. The van der Waals surface area contributed by atoms with E-state index in [4.69, 9.17) is 9.88 Å². The van der Waals surface area contributed by atoms with Gasteiger partial charge in [-0.25, -0.2) is 13.6 Å². The third-order valence-corrected chi connectivity index (χ3v) is 5.87. The van der Waals surface area contributed by atoms with Crippen molar-refractivity contribution in [2.45, 2.75) is 30.1 Å². The number of ether oxygens (including phenoxy) is 1. The van der Waals surface area contributed by atoms with Gasteiger partial charge in [0.2, 0.25) is 15.9 Å². The van der Waals surface area contributed by atoms with Gasteiger partial charge in [0.05, 0.1) is 12.5 Å². The molecule has 2 unspecified atom stereocenters. The number of rotatable bonds is 5. The lowest BCUT2D eigenvalue weighted by Gasteiger charge is -2.14. The van der Waals surface area contributed by atoms with Crippen molar-refractivity contribution in [3.63, 3.8) is 0 Å². The van der Waals surface area contributed by atoms with Crippen molar-refractivity contribution in [3.8, 4) is 0 Å². The lowest BCUT2D eigenvalue weighted by atomic mass is 10.0. The van der Waals surface area contributed by atoms with Crippen LogP contribution >= 0.6 is 11.3 Å². The van der Waals surface area contributed by atoms with Crippen molar-refractivity contribution < 1.29 is 17.9 Å². The summed E-state index contributed by atoms with van der Waals surface area (Å²) in [5, 5.41) is 7.88. The van der Waals surface area contributed by atoms with E-state index in [1.54, 1.807) is 6.07 Å². The van der Waals surface area contributed by atoms with Crippen LogP contribution < -0.4 is 10.5 Å². The van der Waals surface area contributed by atoms with Crippen LogP contribution in [0.25, 0.3) is 0 Å². The molecule has 8 heteroatoms. The lowest BCUT2D eigenvalue weighted by Crippen LogP contribution is -2.32. The molecule has 2 heterocycles. The second-order valence-corrected chi connectivity index (χ2v) is 7.83. The number of carbonyl (C=O) groups is 1. The van der Waals surface area contributed by atoms with Crippen LogP contribution in [0.2, 0.25) is 0 Å². The largest absolute Gasteiger partial charge is 0.378 e. The molecule has 1 amide bonds. The van der Waals surface area contributed by atoms with Gasteiger partial charge in [-0.05, 0) is 25.5 Å². The molecular formula is C12H18N2O4S2. The van der Waals surface area contributed by atoms with E-state index in [1.165, 1.54) is 6.07 Å². The molecule has 1 aliphatic heterocycles. The van der Waals surface area contributed by atoms with Gasteiger partial charge in [0.1, 0.15) is 4.21 Å². The number of carbonyl (C=O) groups excluding carboxylic acids is 1. The van der Waals surface area contributed by atoms with Crippen LogP contribution in [0.15, 0.2) is 16.3 Å². The van der Waals surface area contributed by atoms with Crippen LogP contribution in [-0.4, -0.2) is 33.6 Å². The predicted octanol–water partition coefficient (Wildman–Crippen LogP) is 0.479. The van der Waals surface area contributed by atoms with Crippen LogP contribution in [0.1, 0.15) is 18.2 Å². The second-order valence-electron chi connectivity index (χ2n) is 4.87. The molecule has 0 bridgehead atoms. The van der Waals surface area contributed by atoms with E-state index < -0.39 is 10.0 Å². The van der Waals surface area contributed by atoms with E-state index >= 15 is 0 Å². The van der Waals surface area contributed by atoms with Gasteiger partial charge in [0, 0.05) is 23.9 Å². The van der Waals surface area contributed by atoms with Gasteiger partial charge in [-0.3, -0.25) is 4.79 Å². The van der Waals surface area contributed by atoms with E-state index in [-0.39, 0.29) is 22.6 Å². The average Bonchev–Trinajstić information content (AvgIpc) is 2.95. The summed E-state index contributed by atoms with van der Waals surface area (Å²) in [4.78, 5) is 12.5. The summed E-state index contributed by atoms with van der Waals surface area (Å²) in [6.07, 6.45) is 1.30. The topological polar surface area (TPSA) is 98.5 Å². The number of sulfonamides is 1. The van der Waals surface area contributed by atoms with Crippen molar-refractivity contribution in [2.75, 3.05) is 13.2 Å². The maximum atomic E-state index is 11.8. The number of hydrogen-bond donors (Lipinski definition) is 2. The molecule has 0 aliphatic carbocycles. The van der Waals surface area contributed by atoms with Crippen LogP contribution in [0.5, 0.6) is 0 Å². The highest BCUT2D eigenvalue weighted by molar-refractivity contribution is 7.91. The summed E-state index contributed by atoms with van der Waals surface area (Å²) in [6, 6.07) is 3.04. The van der Waals surface area contributed by atoms with Crippen molar-refractivity contribution >= 4 is 27.3 Å². The zero-order chi connectivity index (χ0) is 14.8. The molecule has 0 aromatic carbocycles. The molecule has 0 radical (unpaired) electrons. The minimum absolute atomic E-state index is 0.0816. The zero-order valence-electron chi connectivity index (χ0n) is 11.2. The fourth-order valence-electron chi connectivity index (χ4n) is 2.12. The Bertz CT molecular complexity index is 582. The molecule has 1 aromatic heterocycles. The second kappa shape index (κ2) is 6.21. The highest BCUT2D eigenvalue weighted by Crippen LogP contribution is 2.21. The average molecular weight is 318 g/mol. The first-order valence-corrected chi connectivity index (χ1v) is 8.72. The van der Waals surface area contributed by atoms with Gasteiger partial charge in [0.25, 0.3) is 0 Å². The summed E-state index contributed by atoms with van der Waals surface area (Å²) >= 11 is 1.03. The van der Waals surface area contributed by atoms with Crippen molar-refractivity contribution in [1.82, 2.24) is 5.32 Å². The Labute approximate surface area is 122 Å². The zero-order valence-corrected chi connectivity index (χ0v) is 12.8. The maximum Gasteiger partial charge on any atom is 0.247 e. The highest BCUT2D eigenvalue weighted by atomic mass is 32.2. The third kappa shape index (κ3) is 4.02. The Kier molecular flexibility index (Phi) is 4.79. The number of nitrogens with one attached hydrogen (secondary N) is 1. The molecule has 20 heavy (non-hydrogen) atoms. The minimum Gasteiger partial charge on any atom is -0.378 e. The normalized spacial score (nSPS) is 22.9. The summed E-state index contributed by atoms with van der Waals surface area (Å²) in [7, 11) is -3.68. The Hall–Kier alpha value is -0.960. The first kappa shape index (κ1) is 15.4. The molecule has 1 fully saturated rings. The maximum absolute atomic E-state index is 11.8. The van der Waals surface area contributed by atoms with Crippen LogP contribution in [0, 0.1) is 5.92 Å². The number of nitrogens with two attached hydrogens (primary N) is 1. The highest BCUT2D eigenvalue weighted by Gasteiger charge is 2.24. The lowest BCUT2D eigenvalue weighted by molar-refractivity contribution is -0.120. The van der Waals surface area contributed by atoms with Crippen molar-refractivity contribution in [1.29, 1.82) is 0 Å². The molecular weight excluding hydrogens is 300 g/mol. The van der Waals surface area contributed by atoms with E-state index in [2.05, 4.69) is 5.32 Å². The Morgan fingerprint density at radius 2 is 2.30 bits per heavy atom. The Balaban J connectivity index is 1.84. The number of thiophene rings is 1. The van der Waals surface area contributed by atoms with Gasteiger partial charge in [0.15, 0.2) is 0 Å². The predicted molar refractivity (Wildman–Crippen MR) is 75.9 cm³/mol. The summed E-state index contributed by atoms with van der Waals surface area (Å²) in [5.74, 6) is 0.231. The van der Waals surface area contributed by atoms with Crippen LogP contribution in [0.4, 0.5) is 0 Å². The molecule has 1 aliphatic rings. The molecule has 1 aromatic rings. The smallest absolute Gasteiger partial charge is 0.247 e. The van der Waals surface area contributed by atoms with Gasteiger partial charge in [-0.15, -0.1) is 11.3 Å². The fraction of sp³-hybridized carbons (Fsp3) is 0.583. The van der Waals surface area contributed by atoms with Crippen molar-refractivity contribution in [3.05, 3.63) is 17.0 Å². The first-order chi connectivity index (χ1) is 9.36. The molecule has 1 saturated heterocycles. The fourth-order valence-corrected chi connectivity index (χ4v) is 3.89. The van der Waals surface area contributed by atoms with Crippen molar-refractivity contribution in [2.24, 2.45) is 11.1 Å². The van der Waals surface area contributed by atoms with E-state index in [1.807, 2.05) is 6.92 Å². The van der Waals surface area contributed by atoms with Gasteiger partial charge in [-0.2, -0.15) is 0 Å². The standard InChI is InChI=1S/C12H18N2O4S2/c1-8-9(4-5-18-8)7-14-11(15)6-10-2-3-12(19-10)20(13,16)17/h2-3,8-9H,4-7H2,1H3,(H,14,15)(H2,13,16,17). The van der Waals surface area contributed by atoms with Crippen LogP contribution in [-0.2, 0) is 26.0 Å². The molecule has 2 rings (SSSR count). The number of hydrogen-bond acceptors (Lipinski definition) is 5. The minimum atomic E-state index is -3.68. The number of primary sulfonamides is 1. The molecule has 0 spiro atoms. The van der Waals surface area contributed by atoms with Gasteiger partial charge >= 0.3 is 0 Å². The SMILES string of the molecule is CC1OCCC1CNC(=O)Cc1ccc(S(N)(=O)=O)s1. The van der Waals surface area contributed by atoms with E-state index in [0.29, 0.717) is 17.3 Å². The summed E-state index contributed by atoms with van der Waals surface area (Å²) < 4.78 is 27.8. The monoisotopic (exact) mass is 318 g/mol. The summed E-state index contributed by atoms with van der Waals surface area (Å²) in [6.45, 7) is 3.33. The quantitative estimate of drug-likeness (QED) is 0.825. The first-order valence-electron chi connectivity index (χ1n) is 6.36. The molecule has 3 N–H and O–H groups in total. The number of amides is 1. The molecule has 0 saturated carbocycles. The summed E-state index contributed by atoms with van der Waals surface area (Å²) in [5.41, 5.74) is 0.